The van der Waals surface area contributed by atoms with Crippen LogP contribution >= 0.6 is 11.6 Å². The fourth-order valence-electron chi connectivity index (χ4n) is 1.84. The minimum atomic E-state index is -0.723. The number of nitrogens with zero attached hydrogens (tertiary/aromatic N) is 1. The van der Waals surface area contributed by atoms with Gasteiger partial charge in [-0.05, 0) is 18.1 Å². The van der Waals surface area contributed by atoms with E-state index in [4.69, 9.17) is 11.6 Å². The Labute approximate surface area is 97.4 Å². The molecule has 1 unspecified atom stereocenters. The first-order chi connectivity index (χ1) is 7.63. The second-order valence-corrected chi connectivity index (χ2v) is 4.14. The highest BCUT2D eigenvalue weighted by atomic mass is 35.5. The third kappa shape index (κ3) is 1.85. The number of aromatic hydroxyl groups is 1. The number of alkyl halides is 1. The summed E-state index contributed by atoms with van der Waals surface area (Å²) in [5.74, 6) is -0.882. The summed E-state index contributed by atoms with van der Waals surface area (Å²) in [6, 6.07) is 4.14. The Kier molecular flexibility index (Phi) is 3.01. The largest absolute Gasteiger partial charge is 0.503 e. The Morgan fingerprint density at radius 3 is 2.94 bits per heavy atom. The molecule has 0 saturated carbocycles. The first kappa shape index (κ1) is 11.2. The number of phenolic OH excluding ortho intramolecular Hbond substituents is 1. The molecule has 1 aromatic rings. The molecule has 5 heteroatoms. The molecule has 0 bridgehead atoms. The van der Waals surface area contributed by atoms with Crippen molar-refractivity contribution in [1.82, 2.24) is 0 Å². The number of rotatable bonds is 2. The van der Waals surface area contributed by atoms with Crippen LogP contribution in [-0.2, 0) is 4.79 Å². The van der Waals surface area contributed by atoms with Crippen LogP contribution in [0.4, 0.5) is 10.1 Å². The highest BCUT2D eigenvalue weighted by molar-refractivity contribution is 6.18. The number of anilines is 1. The summed E-state index contributed by atoms with van der Waals surface area (Å²) >= 11 is 5.68. The van der Waals surface area contributed by atoms with Crippen molar-refractivity contribution in [3.8, 4) is 5.75 Å². The minimum Gasteiger partial charge on any atom is -0.503 e. The molecule has 1 amide bonds. The summed E-state index contributed by atoms with van der Waals surface area (Å²) < 4.78 is 13.1. The van der Waals surface area contributed by atoms with Crippen molar-refractivity contribution in [2.24, 2.45) is 5.92 Å². The molecule has 1 fully saturated rings. The van der Waals surface area contributed by atoms with Crippen LogP contribution in [0.25, 0.3) is 0 Å². The maximum Gasteiger partial charge on any atom is 0.227 e. The average Bonchev–Trinajstić information content (AvgIpc) is 2.64. The van der Waals surface area contributed by atoms with Gasteiger partial charge < -0.3 is 10.0 Å². The zero-order valence-electron chi connectivity index (χ0n) is 8.49. The molecule has 1 aliphatic rings. The summed E-state index contributed by atoms with van der Waals surface area (Å²) in [6.45, 7) is 0.430. The topological polar surface area (TPSA) is 40.5 Å². The summed E-state index contributed by atoms with van der Waals surface area (Å²) in [5, 5.41) is 9.53. The zero-order valence-corrected chi connectivity index (χ0v) is 9.25. The predicted octanol–water partition coefficient (Wildman–Crippen LogP) is 2.12. The van der Waals surface area contributed by atoms with Crippen molar-refractivity contribution in [2.75, 3.05) is 17.3 Å². The molecule has 1 atom stereocenters. The summed E-state index contributed by atoms with van der Waals surface area (Å²) in [5.41, 5.74) is 0.220. The van der Waals surface area contributed by atoms with Crippen LogP contribution < -0.4 is 4.90 Å². The smallest absolute Gasteiger partial charge is 0.227 e. The molecule has 3 nitrogen and oxygen atoms in total. The Morgan fingerprint density at radius 2 is 2.31 bits per heavy atom. The molecule has 1 aromatic carbocycles. The number of benzene rings is 1. The Balaban J connectivity index is 2.31. The molecule has 86 valence electrons. The lowest BCUT2D eigenvalue weighted by Gasteiger charge is -2.17. The van der Waals surface area contributed by atoms with Crippen LogP contribution in [-0.4, -0.2) is 23.4 Å². The number of amides is 1. The van der Waals surface area contributed by atoms with E-state index in [0.29, 0.717) is 18.8 Å². The van der Waals surface area contributed by atoms with Crippen molar-refractivity contribution in [1.29, 1.82) is 0 Å². The van der Waals surface area contributed by atoms with Crippen molar-refractivity contribution < 1.29 is 14.3 Å². The highest BCUT2D eigenvalue weighted by Gasteiger charge is 2.31. The molecule has 1 N–H and O–H groups in total. The second-order valence-electron chi connectivity index (χ2n) is 3.84. The molecule has 16 heavy (non-hydrogen) atoms. The van der Waals surface area contributed by atoms with E-state index in [2.05, 4.69) is 0 Å². The van der Waals surface area contributed by atoms with Gasteiger partial charge in [-0.25, -0.2) is 4.39 Å². The average molecular weight is 244 g/mol. The van der Waals surface area contributed by atoms with E-state index in [-0.39, 0.29) is 17.5 Å². The summed E-state index contributed by atoms with van der Waals surface area (Å²) in [6.07, 6.45) is 0.347. The van der Waals surface area contributed by atoms with Crippen molar-refractivity contribution in [3.63, 3.8) is 0 Å². The van der Waals surface area contributed by atoms with Gasteiger partial charge in [0.05, 0.1) is 5.69 Å². The van der Waals surface area contributed by atoms with E-state index in [9.17, 15) is 14.3 Å². The lowest BCUT2D eigenvalue weighted by atomic mass is 10.1. The molecule has 2 rings (SSSR count). The number of carbonyl (C=O) groups excluding carboxylic acids is 1. The molecular formula is C11H11ClFNO2. The first-order valence-electron chi connectivity index (χ1n) is 4.97. The molecule has 0 radical (unpaired) electrons. The lowest BCUT2D eigenvalue weighted by Crippen LogP contribution is -2.24. The van der Waals surface area contributed by atoms with Gasteiger partial charge in [0.25, 0.3) is 0 Å². The van der Waals surface area contributed by atoms with Gasteiger partial charge in [0.15, 0.2) is 11.6 Å². The van der Waals surface area contributed by atoms with Gasteiger partial charge in [0.1, 0.15) is 0 Å². The van der Waals surface area contributed by atoms with E-state index in [1.807, 2.05) is 0 Å². The van der Waals surface area contributed by atoms with E-state index < -0.39 is 11.6 Å². The Hall–Kier alpha value is -1.29. The van der Waals surface area contributed by atoms with Crippen LogP contribution in [0.15, 0.2) is 18.2 Å². The number of halogens is 2. The number of hydrogen-bond donors (Lipinski definition) is 1. The fraction of sp³-hybridized carbons (Fsp3) is 0.364. The van der Waals surface area contributed by atoms with Crippen molar-refractivity contribution >= 4 is 23.2 Å². The van der Waals surface area contributed by atoms with Gasteiger partial charge in [-0.3, -0.25) is 4.79 Å². The zero-order chi connectivity index (χ0) is 11.7. The Bertz CT molecular complexity index is 424. The van der Waals surface area contributed by atoms with Crippen LogP contribution in [0.1, 0.15) is 6.42 Å². The SMILES string of the molecule is O=C1CC(CCl)CN1c1cccc(F)c1O. The van der Waals surface area contributed by atoms with Gasteiger partial charge >= 0.3 is 0 Å². The van der Waals surface area contributed by atoms with Crippen molar-refractivity contribution in [3.05, 3.63) is 24.0 Å². The van der Waals surface area contributed by atoms with E-state index in [0.717, 1.165) is 6.07 Å². The number of phenols is 1. The predicted molar refractivity (Wildman–Crippen MR) is 59.2 cm³/mol. The van der Waals surface area contributed by atoms with Crippen LogP contribution in [0.3, 0.4) is 0 Å². The monoisotopic (exact) mass is 243 g/mol. The quantitative estimate of drug-likeness (QED) is 0.809. The van der Waals surface area contributed by atoms with Gasteiger partial charge in [0.2, 0.25) is 5.91 Å². The van der Waals surface area contributed by atoms with Gasteiger partial charge in [0, 0.05) is 18.8 Å². The molecular weight excluding hydrogens is 233 g/mol. The molecule has 0 aliphatic carbocycles. The standard InChI is InChI=1S/C11H11ClFNO2/c12-5-7-4-10(15)14(6-7)9-3-1-2-8(13)11(9)16/h1-3,7,16H,4-6H2. The molecule has 1 saturated heterocycles. The van der Waals surface area contributed by atoms with E-state index in [1.165, 1.54) is 17.0 Å². The molecule has 0 spiro atoms. The van der Waals surface area contributed by atoms with Gasteiger partial charge in [-0.15, -0.1) is 11.6 Å². The summed E-state index contributed by atoms with van der Waals surface area (Å²) in [7, 11) is 0. The summed E-state index contributed by atoms with van der Waals surface area (Å²) in [4.78, 5) is 13.0. The normalized spacial score (nSPS) is 20.5. The fourth-order valence-corrected chi connectivity index (χ4v) is 2.05. The third-order valence-electron chi connectivity index (χ3n) is 2.68. The first-order valence-corrected chi connectivity index (χ1v) is 5.50. The third-order valence-corrected chi connectivity index (χ3v) is 3.12. The molecule has 0 aromatic heterocycles. The van der Waals surface area contributed by atoms with Crippen molar-refractivity contribution in [2.45, 2.75) is 6.42 Å². The van der Waals surface area contributed by atoms with E-state index in [1.54, 1.807) is 0 Å². The van der Waals surface area contributed by atoms with Crippen LogP contribution in [0.5, 0.6) is 5.75 Å². The van der Waals surface area contributed by atoms with Crippen LogP contribution in [0, 0.1) is 11.7 Å². The van der Waals surface area contributed by atoms with Gasteiger partial charge in [-0.1, -0.05) is 6.07 Å². The van der Waals surface area contributed by atoms with E-state index >= 15 is 0 Å². The lowest BCUT2D eigenvalue weighted by molar-refractivity contribution is -0.117. The molecule has 1 aliphatic heterocycles. The second kappa shape index (κ2) is 4.29. The number of hydrogen-bond acceptors (Lipinski definition) is 2. The maximum atomic E-state index is 13.1. The van der Waals surface area contributed by atoms with Gasteiger partial charge in [-0.2, -0.15) is 0 Å². The molecule has 1 heterocycles. The minimum absolute atomic E-state index is 0.0665. The highest BCUT2D eigenvalue weighted by Crippen LogP contribution is 2.34. The number of carbonyl (C=O) groups is 1. The number of para-hydroxylation sites is 1. The Morgan fingerprint density at radius 1 is 1.56 bits per heavy atom. The van der Waals surface area contributed by atoms with Crippen LogP contribution in [0.2, 0.25) is 0 Å². The maximum absolute atomic E-state index is 13.1.